The summed E-state index contributed by atoms with van der Waals surface area (Å²) in [6.07, 6.45) is -1.54. The maximum Gasteiger partial charge on any atom is 0.345 e. The first-order valence-corrected chi connectivity index (χ1v) is 11.2. The van der Waals surface area contributed by atoms with E-state index in [2.05, 4.69) is 15.7 Å². The maximum absolute atomic E-state index is 15.7. The van der Waals surface area contributed by atoms with Crippen LogP contribution in [0.1, 0.15) is 31.9 Å². The van der Waals surface area contributed by atoms with E-state index >= 15 is 8.78 Å². The van der Waals surface area contributed by atoms with Crippen LogP contribution in [0.15, 0.2) is 11.2 Å². The van der Waals surface area contributed by atoms with Gasteiger partial charge in [0.05, 0.1) is 29.6 Å². The second-order valence-corrected chi connectivity index (χ2v) is 9.29. The normalized spacial score (nSPS) is 27.5. The summed E-state index contributed by atoms with van der Waals surface area (Å²) in [5.74, 6) is -4.79. The number of barbiturate groups is 1. The van der Waals surface area contributed by atoms with E-state index in [0.29, 0.717) is 0 Å². The van der Waals surface area contributed by atoms with Crippen LogP contribution in [0.2, 0.25) is 0 Å². The van der Waals surface area contributed by atoms with Crippen molar-refractivity contribution in [1.29, 1.82) is 0 Å². The molecule has 0 unspecified atom stereocenters. The lowest BCUT2D eigenvalue weighted by Gasteiger charge is -2.55. The standard InChI is InChI=1S/C22H22F2N6O6/c1-8-6-29-16-11(5-22(17(29)10(3)36-8)18(32)26-20(34)27-19(22)33)4-12(14(23)15(16)24)9(2)28-30-7-13(31)25-21(30)35/h4,8,10,17H,5-7H2,1-3H3,(H,25,31,35)(H2,26,27,32,33,34)/b28-9+/t8-,10+,17-/m1/s1. The number of imide groups is 3. The minimum Gasteiger partial charge on any atom is -0.372 e. The lowest BCUT2D eigenvalue weighted by atomic mass is 9.66. The zero-order valence-corrected chi connectivity index (χ0v) is 19.5. The van der Waals surface area contributed by atoms with Crippen LogP contribution < -0.4 is 20.9 Å². The highest BCUT2D eigenvalue weighted by molar-refractivity contribution is 6.20. The minimum atomic E-state index is -1.87. The number of hydrogen-bond donors (Lipinski definition) is 3. The zero-order valence-electron chi connectivity index (χ0n) is 19.5. The van der Waals surface area contributed by atoms with Crippen molar-refractivity contribution in [3.63, 3.8) is 0 Å². The molecule has 190 valence electrons. The number of hydrogen-bond acceptors (Lipinski definition) is 8. The van der Waals surface area contributed by atoms with E-state index in [0.717, 1.165) is 5.01 Å². The number of nitrogens with zero attached hydrogens (tertiary/aromatic N) is 3. The smallest absolute Gasteiger partial charge is 0.345 e. The fourth-order valence-corrected chi connectivity index (χ4v) is 5.55. The van der Waals surface area contributed by atoms with Crippen molar-refractivity contribution in [3.8, 4) is 0 Å². The number of rotatable bonds is 2. The first-order chi connectivity index (χ1) is 16.9. The molecule has 3 saturated heterocycles. The Bertz CT molecular complexity index is 1260. The molecule has 3 atom stereocenters. The van der Waals surface area contributed by atoms with Gasteiger partial charge in [0.15, 0.2) is 17.0 Å². The summed E-state index contributed by atoms with van der Waals surface area (Å²) >= 11 is 0. The van der Waals surface area contributed by atoms with Gasteiger partial charge in [0.2, 0.25) is 17.7 Å². The van der Waals surface area contributed by atoms with Crippen LogP contribution in [-0.4, -0.2) is 71.8 Å². The molecule has 1 spiro atoms. The molecule has 3 N–H and O–H groups in total. The predicted octanol–water partition coefficient (Wildman–Crippen LogP) is 0.131. The Balaban J connectivity index is 1.67. The number of nitrogens with one attached hydrogen (secondary N) is 3. The molecule has 14 heteroatoms. The minimum absolute atomic E-state index is 0.0527. The number of halogens is 2. The summed E-state index contributed by atoms with van der Waals surface area (Å²) in [6.45, 7) is 4.35. The van der Waals surface area contributed by atoms with E-state index in [4.69, 9.17) is 4.74 Å². The van der Waals surface area contributed by atoms with Gasteiger partial charge in [-0.15, -0.1) is 0 Å². The Morgan fingerprint density at radius 2 is 1.75 bits per heavy atom. The van der Waals surface area contributed by atoms with Crippen molar-refractivity contribution in [2.45, 2.75) is 45.4 Å². The molecule has 4 aliphatic heterocycles. The molecule has 0 saturated carbocycles. The van der Waals surface area contributed by atoms with Crippen molar-refractivity contribution in [3.05, 3.63) is 28.8 Å². The Morgan fingerprint density at radius 1 is 1.08 bits per heavy atom. The highest BCUT2D eigenvalue weighted by Crippen LogP contribution is 2.48. The monoisotopic (exact) mass is 504 g/mol. The van der Waals surface area contributed by atoms with Crippen LogP contribution in [-0.2, 0) is 25.5 Å². The second kappa shape index (κ2) is 8.05. The van der Waals surface area contributed by atoms with E-state index < -0.39 is 65.1 Å². The highest BCUT2D eigenvalue weighted by atomic mass is 19.2. The quantitative estimate of drug-likeness (QED) is 0.294. The number of morpholine rings is 1. The van der Waals surface area contributed by atoms with Gasteiger partial charge in [-0.2, -0.15) is 5.10 Å². The fourth-order valence-electron chi connectivity index (χ4n) is 5.55. The molecule has 3 fully saturated rings. The van der Waals surface area contributed by atoms with Crippen molar-refractivity contribution < 1.29 is 37.5 Å². The molecule has 7 amide bonds. The summed E-state index contributed by atoms with van der Waals surface area (Å²) in [4.78, 5) is 63.0. The van der Waals surface area contributed by atoms with Crippen LogP contribution in [0, 0.1) is 17.0 Å². The molecule has 36 heavy (non-hydrogen) atoms. The summed E-state index contributed by atoms with van der Waals surface area (Å²) in [5.41, 5.74) is -2.26. The molecule has 0 bridgehead atoms. The van der Waals surface area contributed by atoms with Gasteiger partial charge in [0, 0.05) is 18.5 Å². The number of carbonyl (C=O) groups is 5. The summed E-state index contributed by atoms with van der Waals surface area (Å²) < 4.78 is 36.9. The Kier molecular flexibility index (Phi) is 5.32. The van der Waals surface area contributed by atoms with Gasteiger partial charge in [-0.1, -0.05) is 0 Å². The molecule has 4 heterocycles. The Hall–Kier alpha value is -3.94. The van der Waals surface area contributed by atoms with Gasteiger partial charge in [0.25, 0.3) is 0 Å². The molecule has 12 nitrogen and oxygen atoms in total. The van der Waals surface area contributed by atoms with Crippen LogP contribution >= 0.6 is 0 Å². The fraction of sp³-hybridized carbons (Fsp3) is 0.455. The van der Waals surface area contributed by atoms with Gasteiger partial charge >= 0.3 is 12.1 Å². The number of carbonyl (C=O) groups excluding carboxylic acids is 5. The Labute approximate surface area is 203 Å². The summed E-state index contributed by atoms with van der Waals surface area (Å²) in [5, 5.41) is 11.0. The summed E-state index contributed by atoms with van der Waals surface area (Å²) in [6, 6.07) is -1.54. The van der Waals surface area contributed by atoms with E-state index in [9.17, 15) is 24.0 Å². The third kappa shape index (κ3) is 3.35. The van der Waals surface area contributed by atoms with E-state index in [-0.39, 0.29) is 42.0 Å². The van der Waals surface area contributed by atoms with Gasteiger partial charge in [-0.25, -0.2) is 23.4 Å². The van der Waals surface area contributed by atoms with Gasteiger partial charge < -0.3 is 9.64 Å². The van der Waals surface area contributed by atoms with Crippen LogP contribution in [0.3, 0.4) is 0 Å². The number of ether oxygens (including phenoxy) is 1. The van der Waals surface area contributed by atoms with Crippen molar-refractivity contribution >= 4 is 41.2 Å². The zero-order chi connectivity index (χ0) is 26.1. The molecule has 1 aromatic carbocycles. The van der Waals surface area contributed by atoms with E-state index in [1.54, 1.807) is 13.8 Å². The number of urea groups is 2. The Morgan fingerprint density at radius 3 is 2.36 bits per heavy atom. The SMILES string of the molecule is C/C(=N\N1CC(=O)NC1=O)c1cc2c(c(F)c1F)N1C[C@@H](C)O[C@@H](C)[C@@H]1C1(C2)C(=O)NC(=O)NC1=O. The first-order valence-electron chi connectivity index (χ1n) is 11.2. The van der Waals surface area contributed by atoms with Crippen LogP contribution in [0.25, 0.3) is 0 Å². The third-order valence-electron chi connectivity index (χ3n) is 6.90. The van der Waals surface area contributed by atoms with E-state index in [1.807, 2.05) is 5.32 Å². The van der Waals surface area contributed by atoms with Crippen LogP contribution in [0.4, 0.5) is 24.1 Å². The average Bonchev–Trinajstić information content (AvgIpc) is 3.09. The molecule has 4 aliphatic rings. The van der Waals surface area contributed by atoms with Gasteiger partial charge in [-0.05, 0) is 32.4 Å². The molecule has 5 rings (SSSR count). The first kappa shape index (κ1) is 23.8. The predicted molar refractivity (Wildman–Crippen MR) is 118 cm³/mol. The molecular formula is C22H22F2N6O6. The number of hydrazone groups is 1. The molecule has 1 aromatic rings. The van der Waals surface area contributed by atoms with Crippen LogP contribution in [0.5, 0.6) is 0 Å². The topological polar surface area (TPSA) is 150 Å². The lowest BCUT2D eigenvalue weighted by molar-refractivity contribution is -0.153. The largest absolute Gasteiger partial charge is 0.372 e. The second-order valence-electron chi connectivity index (χ2n) is 9.29. The highest BCUT2D eigenvalue weighted by Gasteiger charge is 2.63. The number of anilines is 1. The van der Waals surface area contributed by atoms with Crippen molar-refractivity contribution in [2.24, 2.45) is 10.5 Å². The molecular weight excluding hydrogens is 482 g/mol. The number of fused-ring (bicyclic) bond motifs is 4. The third-order valence-corrected chi connectivity index (χ3v) is 6.90. The van der Waals surface area contributed by atoms with Crippen molar-refractivity contribution in [2.75, 3.05) is 18.0 Å². The molecule has 0 radical (unpaired) electrons. The maximum atomic E-state index is 15.7. The van der Waals surface area contributed by atoms with Crippen molar-refractivity contribution in [1.82, 2.24) is 21.0 Å². The number of benzene rings is 1. The average molecular weight is 504 g/mol. The molecule has 0 aliphatic carbocycles. The lowest BCUT2D eigenvalue weighted by Crippen LogP contribution is -2.75. The van der Waals surface area contributed by atoms with Gasteiger partial charge in [-0.3, -0.25) is 30.3 Å². The van der Waals surface area contributed by atoms with Gasteiger partial charge in [0.1, 0.15) is 6.54 Å². The molecule has 0 aromatic heterocycles. The summed E-state index contributed by atoms with van der Waals surface area (Å²) in [7, 11) is 0. The number of amides is 7. The van der Waals surface area contributed by atoms with E-state index in [1.165, 1.54) is 17.9 Å².